The third-order valence-corrected chi connectivity index (χ3v) is 8.56. The molecular weight excluding hydrogens is 559 g/mol. The summed E-state index contributed by atoms with van der Waals surface area (Å²) in [4.78, 5) is 33.5. The molecule has 0 bridgehead atoms. The third-order valence-electron chi connectivity index (χ3n) is 8.56. The lowest BCUT2D eigenvalue weighted by Crippen LogP contribution is -2.38. The standard InChI is InChI=1S/C29H35F5N6O2/c1-40-23(10-14-35-40)27(42)39-25(18-7-11-28(30,31)12-8-18)26-37-20-6-5-19(16-22(20)38-26)21(15-17-3-2-4-17)36-24(41)9-13-29(32,33)34/h5-6,10,14,16-18,21,25H,2-4,7-9,11-13,15H2,1H3,(H,36,41)(H,37,38)(H,39,42)/t21-,25-/m0/s1. The van der Waals surface area contributed by atoms with Gasteiger partial charge in [0.2, 0.25) is 11.8 Å². The zero-order valence-electron chi connectivity index (χ0n) is 23.3. The van der Waals surface area contributed by atoms with Crippen LogP contribution in [0.5, 0.6) is 0 Å². The molecule has 2 saturated carbocycles. The predicted octanol–water partition coefficient (Wildman–Crippen LogP) is 6.28. The summed E-state index contributed by atoms with van der Waals surface area (Å²) in [6, 6.07) is 5.81. The van der Waals surface area contributed by atoms with Crippen molar-refractivity contribution in [3.05, 3.63) is 47.5 Å². The molecule has 5 rings (SSSR count). The van der Waals surface area contributed by atoms with Crippen molar-refractivity contribution in [3.8, 4) is 0 Å². The number of fused-ring (bicyclic) bond motifs is 1. The Bertz CT molecular complexity index is 1400. The number of nitrogens with one attached hydrogen (secondary N) is 3. The SMILES string of the molecule is Cn1nccc1C(=O)N[C@H](c1nc2ccc([C@H](CC3CCC3)NC(=O)CCC(F)(F)F)cc2[nH]1)C1CCC(F)(F)CC1. The Balaban J connectivity index is 1.40. The number of hydrogen-bond donors (Lipinski definition) is 3. The van der Waals surface area contributed by atoms with E-state index in [-0.39, 0.29) is 31.6 Å². The number of aryl methyl sites for hydroxylation is 1. The smallest absolute Gasteiger partial charge is 0.349 e. The van der Waals surface area contributed by atoms with Crippen molar-refractivity contribution in [1.82, 2.24) is 30.4 Å². The second-order valence-corrected chi connectivity index (χ2v) is 11.7. The van der Waals surface area contributed by atoms with E-state index in [1.165, 1.54) is 10.9 Å². The highest BCUT2D eigenvalue weighted by Crippen LogP contribution is 2.41. The van der Waals surface area contributed by atoms with Crippen LogP contribution in [0.1, 0.15) is 98.2 Å². The van der Waals surface area contributed by atoms with Crippen molar-refractivity contribution in [2.75, 3.05) is 0 Å². The average molecular weight is 595 g/mol. The summed E-state index contributed by atoms with van der Waals surface area (Å²) in [5.74, 6) is -3.27. The molecule has 8 nitrogen and oxygen atoms in total. The van der Waals surface area contributed by atoms with E-state index in [0.29, 0.717) is 34.9 Å². The second kappa shape index (κ2) is 12.0. The van der Waals surface area contributed by atoms with Crippen LogP contribution >= 0.6 is 0 Å². The van der Waals surface area contributed by atoms with Crippen molar-refractivity contribution in [3.63, 3.8) is 0 Å². The molecule has 0 spiro atoms. The second-order valence-electron chi connectivity index (χ2n) is 11.7. The number of nitrogens with zero attached hydrogens (tertiary/aromatic N) is 3. The Morgan fingerprint density at radius 3 is 2.48 bits per heavy atom. The van der Waals surface area contributed by atoms with Crippen LogP contribution in [-0.2, 0) is 11.8 Å². The highest BCUT2D eigenvalue weighted by atomic mass is 19.4. The fourth-order valence-corrected chi connectivity index (χ4v) is 5.89. The summed E-state index contributed by atoms with van der Waals surface area (Å²) in [6.07, 6.45) is -1.18. The molecular formula is C29H35F5N6O2. The molecule has 1 aromatic carbocycles. The lowest BCUT2D eigenvalue weighted by Gasteiger charge is -2.33. The number of H-pyrrole nitrogens is 1. The average Bonchev–Trinajstić information content (AvgIpc) is 3.52. The predicted molar refractivity (Wildman–Crippen MR) is 145 cm³/mol. The fourth-order valence-electron chi connectivity index (χ4n) is 5.89. The van der Waals surface area contributed by atoms with Gasteiger partial charge >= 0.3 is 6.18 Å². The maximum Gasteiger partial charge on any atom is 0.389 e. The van der Waals surface area contributed by atoms with E-state index in [4.69, 9.17) is 4.98 Å². The highest BCUT2D eigenvalue weighted by molar-refractivity contribution is 5.92. The maximum absolute atomic E-state index is 14.0. The van der Waals surface area contributed by atoms with Gasteiger partial charge in [0.1, 0.15) is 11.5 Å². The molecule has 0 aliphatic heterocycles. The Kier molecular flexibility index (Phi) is 8.56. The van der Waals surface area contributed by atoms with Crippen LogP contribution in [0.3, 0.4) is 0 Å². The first-order valence-corrected chi connectivity index (χ1v) is 14.4. The Hall–Kier alpha value is -3.51. The van der Waals surface area contributed by atoms with Crippen LogP contribution in [0, 0.1) is 11.8 Å². The Labute approximate surface area is 239 Å². The number of carbonyl (C=O) groups is 2. The third kappa shape index (κ3) is 7.27. The molecule has 0 saturated heterocycles. The molecule has 228 valence electrons. The first kappa shape index (κ1) is 30.0. The summed E-state index contributed by atoms with van der Waals surface area (Å²) in [6.45, 7) is 0. The summed E-state index contributed by atoms with van der Waals surface area (Å²) in [7, 11) is 1.63. The van der Waals surface area contributed by atoms with Gasteiger partial charge in [0.05, 0.1) is 29.5 Å². The van der Waals surface area contributed by atoms with Crippen molar-refractivity contribution in [2.24, 2.45) is 18.9 Å². The summed E-state index contributed by atoms with van der Waals surface area (Å²) >= 11 is 0. The maximum atomic E-state index is 14.0. The summed E-state index contributed by atoms with van der Waals surface area (Å²) in [5, 5.41) is 9.81. The van der Waals surface area contributed by atoms with Gasteiger partial charge in [-0.2, -0.15) is 18.3 Å². The molecule has 13 heteroatoms. The van der Waals surface area contributed by atoms with Crippen molar-refractivity contribution in [1.29, 1.82) is 0 Å². The molecule has 0 unspecified atom stereocenters. The monoisotopic (exact) mass is 594 g/mol. The lowest BCUT2D eigenvalue weighted by atomic mass is 9.79. The molecule has 2 aliphatic carbocycles. The molecule has 2 aromatic heterocycles. The van der Waals surface area contributed by atoms with Gasteiger partial charge in [0.15, 0.2) is 0 Å². The molecule has 2 amide bonds. The number of rotatable bonds is 10. The number of imidazole rings is 1. The van der Waals surface area contributed by atoms with Crippen LogP contribution in [-0.4, -0.2) is 43.7 Å². The number of carbonyl (C=O) groups excluding carboxylic acids is 2. The van der Waals surface area contributed by atoms with E-state index in [1.807, 2.05) is 6.07 Å². The molecule has 42 heavy (non-hydrogen) atoms. The lowest BCUT2D eigenvalue weighted by molar-refractivity contribution is -0.144. The summed E-state index contributed by atoms with van der Waals surface area (Å²) < 4.78 is 67.4. The van der Waals surface area contributed by atoms with Gasteiger partial charge < -0.3 is 15.6 Å². The molecule has 2 aliphatic rings. The van der Waals surface area contributed by atoms with Crippen molar-refractivity contribution < 1.29 is 31.5 Å². The van der Waals surface area contributed by atoms with E-state index >= 15 is 0 Å². The number of hydrogen-bond acceptors (Lipinski definition) is 4. The Morgan fingerprint density at radius 2 is 1.86 bits per heavy atom. The van der Waals surface area contributed by atoms with Crippen LogP contribution in [0.25, 0.3) is 11.0 Å². The van der Waals surface area contributed by atoms with Gasteiger partial charge in [-0.15, -0.1) is 0 Å². The van der Waals surface area contributed by atoms with Gasteiger partial charge in [-0.05, 0) is 54.9 Å². The van der Waals surface area contributed by atoms with Crippen LogP contribution in [0.15, 0.2) is 30.5 Å². The van der Waals surface area contributed by atoms with Gasteiger partial charge in [-0.3, -0.25) is 14.3 Å². The summed E-state index contributed by atoms with van der Waals surface area (Å²) in [5.41, 5.74) is 2.25. The normalized spacial score (nSPS) is 19.3. The number of aromatic nitrogens is 4. The number of benzene rings is 1. The van der Waals surface area contributed by atoms with Crippen molar-refractivity contribution in [2.45, 2.75) is 88.4 Å². The van der Waals surface area contributed by atoms with E-state index in [1.54, 1.807) is 25.2 Å². The topological polar surface area (TPSA) is 105 Å². The zero-order valence-corrected chi connectivity index (χ0v) is 23.3. The number of amides is 2. The zero-order chi connectivity index (χ0) is 30.1. The molecule has 2 fully saturated rings. The van der Waals surface area contributed by atoms with Gasteiger partial charge in [-0.25, -0.2) is 13.8 Å². The highest BCUT2D eigenvalue weighted by Gasteiger charge is 2.40. The van der Waals surface area contributed by atoms with E-state index in [9.17, 15) is 31.5 Å². The van der Waals surface area contributed by atoms with E-state index in [2.05, 4.69) is 20.7 Å². The Morgan fingerprint density at radius 1 is 1.12 bits per heavy atom. The van der Waals surface area contributed by atoms with Gasteiger partial charge in [0, 0.05) is 32.5 Å². The molecule has 2 atom stereocenters. The van der Waals surface area contributed by atoms with Gasteiger partial charge in [-0.1, -0.05) is 25.3 Å². The molecule has 3 aromatic rings. The molecule has 3 N–H and O–H groups in total. The van der Waals surface area contributed by atoms with Crippen molar-refractivity contribution >= 4 is 22.8 Å². The van der Waals surface area contributed by atoms with Crippen LogP contribution in [0.4, 0.5) is 22.0 Å². The number of halogens is 5. The minimum atomic E-state index is -4.41. The minimum Gasteiger partial charge on any atom is -0.349 e. The first-order chi connectivity index (χ1) is 19.9. The largest absolute Gasteiger partial charge is 0.389 e. The number of alkyl halides is 5. The fraction of sp³-hybridized carbons (Fsp3) is 0.586. The number of aromatic amines is 1. The van der Waals surface area contributed by atoms with Crippen LogP contribution in [0.2, 0.25) is 0 Å². The quantitative estimate of drug-likeness (QED) is 0.240. The minimum absolute atomic E-state index is 0.207. The van der Waals surface area contributed by atoms with E-state index < -0.39 is 48.8 Å². The van der Waals surface area contributed by atoms with Gasteiger partial charge in [0.25, 0.3) is 5.91 Å². The molecule has 0 radical (unpaired) electrons. The first-order valence-electron chi connectivity index (χ1n) is 14.4. The molecule has 2 heterocycles. The van der Waals surface area contributed by atoms with Crippen LogP contribution < -0.4 is 10.6 Å². The van der Waals surface area contributed by atoms with E-state index in [0.717, 1.165) is 24.8 Å².